The van der Waals surface area contributed by atoms with E-state index in [0.717, 1.165) is 0 Å². The number of carbonyl (C=O) groups excluding carboxylic acids is 1. The van der Waals surface area contributed by atoms with E-state index in [9.17, 15) is 40.5 Å². The molecule has 1 aliphatic heterocycles. The molecule has 9 heteroatoms. The Balaban J connectivity index is 1.96. The van der Waals surface area contributed by atoms with Crippen LogP contribution >= 0.6 is 0 Å². The van der Waals surface area contributed by atoms with Crippen molar-refractivity contribution in [2.24, 2.45) is 0 Å². The Morgan fingerprint density at radius 2 is 1.57 bits per heavy atom. The Morgan fingerprint density at radius 3 is 2.23 bits per heavy atom. The number of benzene rings is 2. The van der Waals surface area contributed by atoms with Crippen molar-refractivity contribution < 1.29 is 45.3 Å². The van der Waals surface area contributed by atoms with Gasteiger partial charge in [-0.05, 0) is 28.8 Å². The lowest BCUT2D eigenvalue weighted by Gasteiger charge is -2.45. The van der Waals surface area contributed by atoms with E-state index in [1.54, 1.807) is 6.07 Å². The third kappa shape index (κ3) is 2.99. The summed E-state index contributed by atoms with van der Waals surface area (Å²) in [6, 6.07) is 7.06. The summed E-state index contributed by atoms with van der Waals surface area (Å²) in [4.78, 5) is 13.1. The molecule has 4 rings (SSSR count). The second kappa shape index (κ2) is 7.62. The Kier molecular flexibility index (Phi) is 5.27. The number of carbonyl (C=O) groups is 1. The Labute approximate surface area is 171 Å². The van der Waals surface area contributed by atoms with Crippen LogP contribution < -0.4 is 0 Å². The highest BCUT2D eigenvalue weighted by Gasteiger charge is 2.50. The van der Waals surface area contributed by atoms with E-state index in [2.05, 4.69) is 0 Å². The van der Waals surface area contributed by atoms with Crippen LogP contribution in [0.25, 0.3) is 0 Å². The largest absolute Gasteiger partial charge is 0.507 e. The van der Waals surface area contributed by atoms with Crippen molar-refractivity contribution in [1.82, 2.24) is 0 Å². The van der Waals surface area contributed by atoms with Crippen LogP contribution in [0.4, 0.5) is 0 Å². The molecule has 9 nitrogen and oxygen atoms in total. The highest BCUT2D eigenvalue weighted by atomic mass is 16.5. The van der Waals surface area contributed by atoms with Gasteiger partial charge >= 0.3 is 0 Å². The quantitative estimate of drug-likeness (QED) is 0.334. The number of hydrogen-bond donors (Lipinski definition) is 7. The van der Waals surface area contributed by atoms with Gasteiger partial charge in [0, 0.05) is 5.92 Å². The molecule has 0 radical (unpaired) electrons. The fourth-order valence-electron chi connectivity index (χ4n) is 4.41. The van der Waals surface area contributed by atoms with Gasteiger partial charge in [-0.1, -0.05) is 18.2 Å². The minimum atomic E-state index is -1.64. The Morgan fingerprint density at radius 1 is 0.867 bits per heavy atom. The zero-order valence-electron chi connectivity index (χ0n) is 15.7. The van der Waals surface area contributed by atoms with Gasteiger partial charge in [-0.25, -0.2) is 0 Å². The number of ether oxygens (including phenoxy) is 1. The van der Waals surface area contributed by atoms with Crippen molar-refractivity contribution in [2.75, 3.05) is 6.61 Å². The van der Waals surface area contributed by atoms with Crippen LogP contribution in [0.5, 0.6) is 11.5 Å². The Hall–Kier alpha value is -2.53. The number of hydrogen-bond acceptors (Lipinski definition) is 9. The van der Waals surface area contributed by atoms with Crippen molar-refractivity contribution in [3.05, 3.63) is 58.1 Å². The molecule has 1 fully saturated rings. The SMILES string of the molecule is O=C1c2c(O)cccc2[C@H]([C@H]2O[C@H](CO)[C@@H](O)[C@H](O)[C@H]2O)c2cc(CO)cc(O)c21. The minimum Gasteiger partial charge on any atom is -0.507 e. The molecule has 2 aliphatic rings. The third-order valence-electron chi connectivity index (χ3n) is 5.85. The fraction of sp³-hybridized carbons (Fsp3) is 0.381. The van der Waals surface area contributed by atoms with Crippen LogP contribution in [0.1, 0.15) is 38.5 Å². The average molecular weight is 418 g/mol. The van der Waals surface area contributed by atoms with Gasteiger partial charge in [-0.15, -0.1) is 0 Å². The predicted molar refractivity (Wildman–Crippen MR) is 101 cm³/mol. The second-order valence-electron chi connectivity index (χ2n) is 7.58. The number of aromatic hydroxyl groups is 2. The van der Waals surface area contributed by atoms with Crippen molar-refractivity contribution >= 4 is 5.78 Å². The molecular weight excluding hydrogens is 396 g/mol. The molecule has 0 spiro atoms. The van der Waals surface area contributed by atoms with E-state index in [1.807, 2.05) is 0 Å². The van der Waals surface area contributed by atoms with E-state index >= 15 is 0 Å². The van der Waals surface area contributed by atoms with Gasteiger partial charge in [-0.3, -0.25) is 4.79 Å². The third-order valence-corrected chi connectivity index (χ3v) is 5.85. The fourth-order valence-corrected chi connectivity index (χ4v) is 4.41. The lowest BCUT2D eigenvalue weighted by molar-refractivity contribution is -0.232. The minimum absolute atomic E-state index is 0.0843. The normalized spacial score (nSPS) is 30.6. The van der Waals surface area contributed by atoms with Crippen LogP contribution in [-0.2, 0) is 11.3 Å². The molecule has 2 aromatic rings. The first-order chi connectivity index (χ1) is 14.3. The van der Waals surface area contributed by atoms with E-state index < -0.39 is 61.2 Å². The summed E-state index contributed by atoms with van der Waals surface area (Å²) in [5.74, 6) is -2.34. The van der Waals surface area contributed by atoms with Gasteiger partial charge in [0.2, 0.25) is 5.78 Å². The van der Waals surface area contributed by atoms with E-state index in [4.69, 9.17) is 4.74 Å². The summed E-state index contributed by atoms with van der Waals surface area (Å²) in [6.45, 7) is -1.06. The molecule has 0 saturated carbocycles. The summed E-state index contributed by atoms with van der Waals surface area (Å²) >= 11 is 0. The first kappa shape index (κ1) is 20.7. The molecule has 0 aromatic heterocycles. The van der Waals surface area contributed by atoms with E-state index in [0.29, 0.717) is 5.56 Å². The number of fused-ring (bicyclic) bond motifs is 2. The van der Waals surface area contributed by atoms with Crippen LogP contribution in [0.2, 0.25) is 0 Å². The smallest absolute Gasteiger partial charge is 0.201 e. The highest BCUT2D eigenvalue weighted by molar-refractivity contribution is 6.16. The van der Waals surface area contributed by atoms with Crippen molar-refractivity contribution in [3.8, 4) is 11.5 Å². The van der Waals surface area contributed by atoms with E-state index in [1.165, 1.54) is 24.3 Å². The molecule has 160 valence electrons. The lowest BCUT2D eigenvalue weighted by Crippen LogP contribution is -2.60. The molecule has 6 atom stereocenters. The Bertz CT molecular complexity index is 987. The van der Waals surface area contributed by atoms with E-state index in [-0.39, 0.29) is 28.0 Å². The lowest BCUT2D eigenvalue weighted by atomic mass is 9.71. The number of phenolic OH excluding ortho intramolecular Hbond substituents is 2. The molecule has 1 heterocycles. The first-order valence-corrected chi connectivity index (χ1v) is 9.43. The molecule has 0 amide bonds. The molecule has 2 aromatic carbocycles. The first-order valence-electron chi connectivity index (χ1n) is 9.43. The average Bonchev–Trinajstić information content (AvgIpc) is 2.73. The maximum Gasteiger partial charge on any atom is 0.201 e. The zero-order chi connectivity index (χ0) is 21.7. The topological polar surface area (TPSA) is 168 Å². The highest BCUT2D eigenvalue weighted by Crippen LogP contribution is 2.47. The molecule has 7 N–H and O–H groups in total. The monoisotopic (exact) mass is 418 g/mol. The maximum absolute atomic E-state index is 13.1. The van der Waals surface area contributed by atoms with Gasteiger partial charge in [0.25, 0.3) is 0 Å². The van der Waals surface area contributed by atoms with Gasteiger partial charge in [0.05, 0.1) is 30.4 Å². The molecular formula is C21H22O9. The van der Waals surface area contributed by atoms with Gasteiger partial charge in [0.1, 0.15) is 35.9 Å². The van der Waals surface area contributed by atoms with Crippen LogP contribution in [0.3, 0.4) is 0 Å². The number of phenols is 2. The van der Waals surface area contributed by atoms with Crippen molar-refractivity contribution in [1.29, 1.82) is 0 Å². The van der Waals surface area contributed by atoms with Gasteiger partial charge < -0.3 is 40.5 Å². The number of ketones is 1. The van der Waals surface area contributed by atoms with Crippen molar-refractivity contribution in [3.63, 3.8) is 0 Å². The molecule has 1 aliphatic carbocycles. The number of aliphatic hydroxyl groups is 5. The molecule has 1 saturated heterocycles. The summed E-state index contributed by atoms with van der Waals surface area (Å²) < 4.78 is 5.73. The van der Waals surface area contributed by atoms with Crippen LogP contribution in [0.15, 0.2) is 30.3 Å². The van der Waals surface area contributed by atoms with Gasteiger partial charge in [0.15, 0.2) is 0 Å². The molecule has 30 heavy (non-hydrogen) atoms. The number of rotatable bonds is 3. The van der Waals surface area contributed by atoms with Gasteiger partial charge in [-0.2, -0.15) is 0 Å². The van der Waals surface area contributed by atoms with Crippen LogP contribution in [-0.4, -0.2) is 78.7 Å². The van der Waals surface area contributed by atoms with Crippen molar-refractivity contribution in [2.45, 2.75) is 43.0 Å². The summed E-state index contributed by atoms with van der Waals surface area (Å²) in [5.41, 5.74) is 0.609. The maximum atomic E-state index is 13.1. The standard InChI is InChI=1S/C21H22O9/c22-6-8-4-10-14(21-20(29)19(28)17(26)13(7-23)30-21)9-2-1-3-11(24)15(9)18(27)16(10)12(25)5-8/h1-5,13-14,17,19-26,28-29H,6-7H2/t13-,14+,17-,19+,20-,21-/m1/s1. The molecule has 0 unspecified atom stereocenters. The second-order valence-corrected chi connectivity index (χ2v) is 7.58. The molecule has 0 bridgehead atoms. The number of aliphatic hydroxyl groups excluding tert-OH is 5. The van der Waals surface area contributed by atoms with Crippen LogP contribution in [0, 0.1) is 0 Å². The summed E-state index contributed by atoms with van der Waals surface area (Å²) in [6.07, 6.45) is -7.22. The summed E-state index contributed by atoms with van der Waals surface area (Å²) in [5, 5.41) is 71.0. The zero-order valence-corrected chi connectivity index (χ0v) is 15.7. The summed E-state index contributed by atoms with van der Waals surface area (Å²) in [7, 11) is 0. The predicted octanol–water partition coefficient (Wildman–Crippen LogP) is -0.891.